The predicted octanol–water partition coefficient (Wildman–Crippen LogP) is 3.58. The maximum absolute atomic E-state index is 5.48. The second kappa shape index (κ2) is 5.40. The molecule has 2 atom stereocenters. The summed E-state index contributed by atoms with van der Waals surface area (Å²) in [7, 11) is 0. The minimum Gasteiger partial charge on any atom is -0.468 e. The van der Waals surface area contributed by atoms with Gasteiger partial charge in [-0.25, -0.2) is 5.32 Å². The molecule has 2 unspecified atom stereocenters. The third kappa shape index (κ3) is 2.65. The Balaban J connectivity index is 1.64. The molecule has 2 heterocycles. The van der Waals surface area contributed by atoms with E-state index in [0.29, 0.717) is 0 Å². The summed E-state index contributed by atoms with van der Waals surface area (Å²) in [5.74, 6) is 1.74. The van der Waals surface area contributed by atoms with Crippen molar-refractivity contribution in [3.8, 4) is 0 Å². The molecule has 1 fully saturated rings. The summed E-state index contributed by atoms with van der Waals surface area (Å²) in [4.78, 5) is 0. The van der Waals surface area contributed by atoms with E-state index in [1.165, 1.54) is 12.0 Å². The Morgan fingerprint density at radius 3 is 2.78 bits per heavy atom. The average Bonchev–Trinajstić information content (AvgIpc) is 2.94. The van der Waals surface area contributed by atoms with Crippen LogP contribution in [0.1, 0.15) is 30.2 Å². The molecule has 0 N–H and O–H groups in total. The van der Waals surface area contributed by atoms with E-state index in [4.69, 9.17) is 4.42 Å². The molecule has 1 aromatic heterocycles. The van der Waals surface area contributed by atoms with E-state index < -0.39 is 0 Å². The molecule has 2 aromatic rings. The molecule has 0 saturated carbocycles. The summed E-state index contributed by atoms with van der Waals surface area (Å²) in [6, 6.07) is 15.0. The first-order valence-electron chi connectivity index (χ1n) is 6.66. The molecular weight excluding hydrogens is 222 g/mol. The van der Waals surface area contributed by atoms with Crippen molar-refractivity contribution in [3.05, 3.63) is 60.1 Å². The molecule has 1 aliphatic rings. The SMILES string of the molecule is c1ccc(CC2CC[N]C(c3ccco3)C2)cc1. The summed E-state index contributed by atoms with van der Waals surface area (Å²) in [6.07, 6.45) is 5.22. The van der Waals surface area contributed by atoms with Crippen molar-refractivity contribution >= 4 is 0 Å². The molecule has 0 amide bonds. The van der Waals surface area contributed by atoms with E-state index >= 15 is 0 Å². The predicted molar refractivity (Wildman–Crippen MR) is 71.3 cm³/mol. The van der Waals surface area contributed by atoms with Gasteiger partial charge in [-0.05, 0) is 42.9 Å². The van der Waals surface area contributed by atoms with Gasteiger partial charge in [0, 0.05) is 6.54 Å². The normalized spacial score (nSPS) is 24.0. The van der Waals surface area contributed by atoms with Crippen LogP contribution in [0.2, 0.25) is 0 Å². The molecule has 1 radical (unpaired) electrons. The van der Waals surface area contributed by atoms with E-state index in [1.807, 2.05) is 12.1 Å². The molecule has 1 aliphatic heterocycles. The summed E-state index contributed by atoms with van der Waals surface area (Å²) in [5, 5.41) is 4.67. The maximum Gasteiger partial charge on any atom is 0.122 e. The lowest BCUT2D eigenvalue weighted by Crippen LogP contribution is -2.27. The van der Waals surface area contributed by atoms with Crippen molar-refractivity contribution in [1.82, 2.24) is 5.32 Å². The highest BCUT2D eigenvalue weighted by molar-refractivity contribution is 5.16. The summed E-state index contributed by atoms with van der Waals surface area (Å²) >= 11 is 0. The highest BCUT2D eigenvalue weighted by Crippen LogP contribution is 2.30. The smallest absolute Gasteiger partial charge is 0.122 e. The van der Waals surface area contributed by atoms with Gasteiger partial charge >= 0.3 is 0 Å². The molecule has 2 heteroatoms. The molecule has 0 aliphatic carbocycles. The van der Waals surface area contributed by atoms with Gasteiger partial charge in [0.05, 0.1) is 12.3 Å². The second-order valence-electron chi connectivity index (χ2n) is 5.02. The lowest BCUT2D eigenvalue weighted by Gasteiger charge is -2.27. The monoisotopic (exact) mass is 240 g/mol. The van der Waals surface area contributed by atoms with Gasteiger partial charge in [-0.1, -0.05) is 30.3 Å². The number of hydrogen-bond donors (Lipinski definition) is 0. The minimum absolute atomic E-state index is 0.266. The van der Waals surface area contributed by atoms with Crippen LogP contribution in [0.25, 0.3) is 0 Å². The Kier molecular flexibility index (Phi) is 3.47. The van der Waals surface area contributed by atoms with E-state index in [0.717, 1.165) is 31.1 Å². The van der Waals surface area contributed by atoms with Crippen molar-refractivity contribution in [3.63, 3.8) is 0 Å². The Hall–Kier alpha value is -1.54. The molecule has 0 bridgehead atoms. The van der Waals surface area contributed by atoms with Crippen molar-refractivity contribution in [1.29, 1.82) is 0 Å². The number of nitrogens with zero attached hydrogens (tertiary/aromatic N) is 1. The van der Waals surface area contributed by atoms with E-state index in [-0.39, 0.29) is 6.04 Å². The van der Waals surface area contributed by atoms with E-state index in [9.17, 15) is 0 Å². The fourth-order valence-electron chi connectivity index (χ4n) is 2.74. The number of benzene rings is 1. The minimum atomic E-state index is 0.266. The fourth-order valence-corrected chi connectivity index (χ4v) is 2.74. The van der Waals surface area contributed by atoms with Crippen molar-refractivity contribution in [2.45, 2.75) is 25.3 Å². The van der Waals surface area contributed by atoms with Crippen LogP contribution in [0, 0.1) is 5.92 Å². The first-order valence-corrected chi connectivity index (χ1v) is 6.66. The number of furan rings is 1. The van der Waals surface area contributed by atoms with E-state index in [2.05, 4.69) is 35.6 Å². The zero-order valence-corrected chi connectivity index (χ0v) is 10.5. The van der Waals surface area contributed by atoms with Gasteiger partial charge in [0.15, 0.2) is 0 Å². The lowest BCUT2D eigenvalue weighted by atomic mass is 9.86. The molecule has 1 aromatic carbocycles. The Morgan fingerprint density at radius 1 is 1.11 bits per heavy atom. The molecule has 0 spiro atoms. The number of rotatable bonds is 3. The van der Waals surface area contributed by atoms with E-state index in [1.54, 1.807) is 6.26 Å². The van der Waals surface area contributed by atoms with Crippen LogP contribution in [0.15, 0.2) is 53.1 Å². The number of hydrogen-bond acceptors (Lipinski definition) is 1. The summed E-state index contributed by atoms with van der Waals surface area (Å²) < 4.78 is 5.48. The second-order valence-corrected chi connectivity index (χ2v) is 5.02. The summed E-state index contributed by atoms with van der Waals surface area (Å²) in [6.45, 7) is 0.961. The standard InChI is InChI=1S/C16H18NO/c1-2-5-13(6-3-1)11-14-8-9-17-15(12-14)16-7-4-10-18-16/h1-7,10,14-15H,8-9,11-12H2. The number of piperidine rings is 1. The fraction of sp³-hybridized carbons (Fsp3) is 0.375. The van der Waals surface area contributed by atoms with Gasteiger partial charge in [-0.3, -0.25) is 0 Å². The Morgan fingerprint density at radius 2 is 2.00 bits per heavy atom. The van der Waals surface area contributed by atoms with Crippen LogP contribution in [-0.2, 0) is 6.42 Å². The maximum atomic E-state index is 5.48. The van der Waals surface area contributed by atoms with Crippen molar-refractivity contribution in [2.75, 3.05) is 6.54 Å². The first kappa shape index (κ1) is 11.5. The van der Waals surface area contributed by atoms with Crippen LogP contribution >= 0.6 is 0 Å². The molecule has 18 heavy (non-hydrogen) atoms. The van der Waals surface area contributed by atoms with Crippen molar-refractivity contribution in [2.24, 2.45) is 5.92 Å². The van der Waals surface area contributed by atoms with Gasteiger partial charge in [0.25, 0.3) is 0 Å². The topological polar surface area (TPSA) is 27.2 Å². The molecule has 1 saturated heterocycles. The Bertz CT molecular complexity index is 463. The van der Waals surface area contributed by atoms with Crippen LogP contribution in [0.4, 0.5) is 0 Å². The summed E-state index contributed by atoms with van der Waals surface area (Å²) in [5.41, 5.74) is 1.43. The van der Waals surface area contributed by atoms with Gasteiger partial charge < -0.3 is 4.42 Å². The van der Waals surface area contributed by atoms with Crippen LogP contribution in [0.3, 0.4) is 0 Å². The zero-order valence-electron chi connectivity index (χ0n) is 10.5. The molecule has 2 nitrogen and oxygen atoms in total. The van der Waals surface area contributed by atoms with Crippen molar-refractivity contribution < 1.29 is 4.42 Å². The zero-order chi connectivity index (χ0) is 12.2. The quantitative estimate of drug-likeness (QED) is 0.805. The van der Waals surface area contributed by atoms with Gasteiger partial charge in [0.1, 0.15) is 5.76 Å². The van der Waals surface area contributed by atoms with Gasteiger partial charge in [-0.15, -0.1) is 0 Å². The molecule has 3 rings (SSSR count). The van der Waals surface area contributed by atoms with Crippen LogP contribution in [0.5, 0.6) is 0 Å². The Labute approximate surface area is 108 Å². The molecular formula is C16H18NO. The van der Waals surface area contributed by atoms with Gasteiger partial charge in [-0.2, -0.15) is 0 Å². The highest BCUT2D eigenvalue weighted by Gasteiger charge is 2.25. The third-order valence-electron chi connectivity index (χ3n) is 3.68. The molecule has 93 valence electrons. The third-order valence-corrected chi connectivity index (χ3v) is 3.68. The van der Waals surface area contributed by atoms with Gasteiger partial charge in [0.2, 0.25) is 0 Å². The lowest BCUT2D eigenvalue weighted by molar-refractivity contribution is 0.269. The average molecular weight is 240 g/mol. The van der Waals surface area contributed by atoms with Crippen LogP contribution in [-0.4, -0.2) is 6.54 Å². The van der Waals surface area contributed by atoms with Crippen LogP contribution < -0.4 is 5.32 Å². The first-order chi connectivity index (χ1) is 8.92. The largest absolute Gasteiger partial charge is 0.468 e. The highest BCUT2D eigenvalue weighted by atomic mass is 16.3.